The van der Waals surface area contributed by atoms with Crippen molar-refractivity contribution in [1.29, 1.82) is 0 Å². The van der Waals surface area contributed by atoms with Gasteiger partial charge in [-0.2, -0.15) is 0 Å². The molecule has 1 aromatic rings. The number of rotatable bonds is 5. The number of sulfonamides is 1. The minimum Gasteiger partial charge on any atom is -0.349 e. The lowest BCUT2D eigenvalue weighted by Crippen LogP contribution is -2.46. The fourth-order valence-electron chi connectivity index (χ4n) is 2.75. The first-order valence-electron chi connectivity index (χ1n) is 7.77. The molecule has 1 N–H and O–H groups in total. The van der Waals surface area contributed by atoms with Crippen molar-refractivity contribution in [3.05, 3.63) is 35.9 Å². The average molecular weight is 324 g/mol. The highest BCUT2D eigenvalue weighted by atomic mass is 32.2. The summed E-state index contributed by atoms with van der Waals surface area (Å²) in [4.78, 5) is 12.4. The Kier molecular flexibility index (Phi) is 5.58. The van der Waals surface area contributed by atoms with E-state index in [9.17, 15) is 13.2 Å². The highest BCUT2D eigenvalue weighted by molar-refractivity contribution is 7.89. The lowest BCUT2D eigenvalue weighted by molar-refractivity contribution is -0.126. The largest absolute Gasteiger partial charge is 0.349 e. The molecular formula is C16H24N2O3S. The third-order valence-electron chi connectivity index (χ3n) is 4.17. The Morgan fingerprint density at radius 1 is 1.36 bits per heavy atom. The SMILES string of the molecule is CCS(=O)(=O)N1CCC[C@@H](C(=O)N[C@H](C)c2ccccc2)C1. The van der Waals surface area contributed by atoms with Crippen LogP contribution in [0.4, 0.5) is 0 Å². The number of amides is 1. The van der Waals surface area contributed by atoms with Gasteiger partial charge in [-0.25, -0.2) is 12.7 Å². The number of piperidine rings is 1. The molecule has 0 bridgehead atoms. The maximum atomic E-state index is 12.4. The Morgan fingerprint density at radius 3 is 2.68 bits per heavy atom. The van der Waals surface area contributed by atoms with Crippen LogP contribution in [-0.2, 0) is 14.8 Å². The van der Waals surface area contributed by atoms with Crippen molar-refractivity contribution in [3.8, 4) is 0 Å². The van der Waals surface area contributed by atoms with Crippen molar-refractivity contribution in [2.24, 2.45) is 5.92 Å². The zero-order valence-electron chi connectivity index (χ0n) is 13.2. The Labute approximate surface area is 132 Å². The number of benzene rings is 1. The van der Waals surface area contributed by atoms with E-state index in [-0.39, 0.29) is 23.6 Å². The summed E-state index contributed by atoms with van der Waals surface area (Å²) in [6, 6.07) is 9.68. The fraction of sp³-hybridized carbons (Fsp3) is 0.562. The Morgan fingerprint density at radius 2 is 2.05 bits per heavy atom. The lowest BCUT2D eigenvalue weighted by atomic mass is 9.98. The maximum absolute atomic E-state index is 12.4. The second-order valence-electron chi connectivity index (χ2n) is 5.74. The number of carbonyl (C=O) groups is 1. The van der Waals surface area contributed by atoms with Crippen molar-refractivity contribution in [2.75, 3.05) is 18.8 Å². The van der Waals surface area contributed by atoms with Gasteiger partial charge in [-0.15, -0.1) is 0 Å². The van der Waals surface area contributed by atoms with Crippen LogP contribution >= 0.6 is 0 Å². The molecule has 1 aromatic carbocycles. The van der Waals surface area contributed by atoms with E-state index in [1.165, 1.54) is 4.31 Å². The molecule has 0 unspecified atom stereocenters. The standard InChI is InChI=1S/C16H24N2O3S/c1-3-22(20,21)18-11-7-10-15(12-18)16(19)17-13(2)14-8-5-4-6-9-14/h4-6,8-9,13,15H,3,7,10-12H2,1-2H3,(H,17,19)/t13-,15-/m1/s1. The predicted octanol–water partition coefficient (Wildman–Crippen LogP) is 1.93. The first-order valence-corrected chi connectivity index (χ1v) is 9.38. The summed E-state index contributed by atoms with van der Waals surface area (Å²) in [6.45, 7) is 4.39. The minimum absolute atomic E-state index is 0.0626. The molecule has 1 amide bonds. The average Bonchev–Trinajstić information content (AvgIpc) is 2.55. The van der Waals surface area contributed by atoms with Crippen LogP contribution in [0.2, 0.25) is 0 Å². The van der Waals surface area contributed by atoms with Gasteiger partial charge in [0.05, 0.1) is 17.7 Å². The van der Waals surface area contributed by atoms with E-state index < -0.39 is 10.0 Å². The van der Waals surface area contributed by atoms with E-state index in [2.05, 4.69) is 5.32 Å². The zero-order chi connectivity index (χ0) is 16.2. The van der Waals surface area contributed by atoms with E-state index in [4.69, 9.17) is 0 Å². The van der Waals surface area contributed by atoms with Gasteiger partial charge in [-0.05, 0) is 32.3 Å². The van der Waals surface area contributed by atoms with Crippen molar-refractivity contribution in [2.45, 2.75) is 32.7 Å². The summed E-state index contributed by atoms with van der Waals surface area (Å²) in [7, 11) is -3.21. The third kappa shape index (κ3) is 4.08. The number of nitrogens with zero attached hydrogens (tertiary/aromatic N) is 1. The van der Waals surface area contributed by atoms with Crippen molar-refractivity contribution in [3.63, 3.8) is 0 Å². The highest BCUT2D eigenvalue weighted by Gasteiger charge is 2.31. The molecule has 0 aromatic heterocycles. The molecule has 0 saturated carbocycles. The van der Waals surface area contributed by atoms with Crippen LogP contribution in [-0.4, -0.2) is 37.5 Å². The molecule has 0 spiro atoms. The van der Waals surface area contributed by atoms with Crippen LogP contribution in [0, 0.1) is 5.92 Å². The van der Waals surface area contributed by atoms with Crippen LogP contribution in [0.1, 0.15) is 38.3 Å². The topological polar surface area (TPSA) is 66.5 Å². The molecular weight excluding hydrogens is 300 g/mol. The molecule has 2 atom stereocenters. The Bertz CT molecular complexity index is 601. The van der Waals surface area contributed by atoms with Crippen LogP contribution in [0.15, 0.2) is 30.3 Å². The van der Waals surface area contributed by atoms with E-state index in [1.54, 1.807) is 6.92 Å². The van der Waals surface area contributed by atoms with Gasteiger partial charge in [0.25, 0.3) is 0 Å². The zero-order valence-corrected chi connectivity index (χ0v) is 14.0. The molecule has 0 radical (unpaired) electrons. The summed E-state index contributed by atoms with van der Waals surface area (Å²) >= 11 is 0. The van der Waals surface area contributed by atoms with Crippen LogP contribution in [0.5, 0.6) is 0 Å². The Balaban J connectivity index is 1.98. The molecule has 1 fully saturated rings. The molecule has 1 aliphatic rings. The van der Waals surface area contributed by atoms with Gasteiger partial charge >= 0.3 is 0 Å². The monoisotopic (exact) mass is 324 g/mol. The van der Waals surface area contributed by atoms with E-state index in [1.807, 2.05) is 37.3 Å². The van der Waals surface area contributed by atoms with Crippen molar-refractivity contribution in [1.82, 2.24) is 9.62 Å². The predicted molar refractivity (Wildman–Crippen MR) is 86.8 cm³/mol. The smallest absolute Gasteiger partial charge is 0.224 e. The van der Waals surface area contributed by atoms with Crippen molar-refractivity contribution >= 4 is 15.9 Å². The number of hydrogen-bond donors (Lipinski definition) is 1. The van der Waals surface area contributed by atoms with Crippen LogP contribution < -0.4 is 5.32 Å². The van der Waals surface area contributed by atoms with Crippen LogP contribution in [0.25, 0.3) is 0 Å². The molecule has 1 aliphatic heterocycles. The molecule has 22 heavy (non-hydrogen) atoms. The number of carbonyl (C=O) groups excluding carboxylic acids is 1. The van der Waals surface area contributed by atoms with Gasteiger partial charge in [0.1, 0.15) is 0 Å². The third-order valence-corrected chi connectivity index (χ3v) is 6.02. The number of hydrogen-bond acceptors (Lipinski definition) is 3. The summed E-state index contributed by atoms with van der Waals surface area (Å²) in [5.74, 6) is -0.240. The maximum Gasteiger partial charge on any atom is 0.224 e. The summed E-state index contributed by atoms with van der Waals surface area (Å²) in [6.07, 6.45) is 1.47. The quantitative estimate of drug-likeness (QED) is 0.900. The van der Waals surface area contributed by atoms with Gasteiger partial charge in [-0.1, -0.05) is 30.3 Å². The van der Waals surface area contributed by atoms with Gasteiger partial charge in [0.2, 0.25) is 15.9 Å². The van der Waals surface area contributed by atoms with Crippen molar-refractivity contribution < 1.29 is 13.2 Å². The second-order valence-corrected chi connectivity index (χ2v) is 8.00. The van der Waals surface area contributed by atoms with Gasteiger partial charge < -0.3 is 5.32 Å². The fourth-order valence-corrected chi connectivity index (χ4v) is 3.93. The van der Waals surface area contributed by atoms with E-state index >= 15 is 0 Å². The molecule has 1 heterocycles. The summed E-state index contributed by atoms with van der Waals surface area (Å²) in [5, 5.41) is 3.00. The minimum atomic E-state index is -3.21. The van der Waals surface area contributed by atoms with Gasteiger partial charge in [0.15, 0.2) is 0 Å². The first kappa shape index (κ1) is 17.0. The van der Waals surface area contributed by atoms with E-state index in [0.717, 1.165) is 18.4 Å². The molecule has 2 rings (SSSR count). The normalized spacial score (nSPS) is 21.3. The highest BCUT2D eigenvalue weighted by Crippen LogP contribution is 2.21. The lowest BCUT2D eigenvalue weighted by Gasteiger charge is -2.31. The van der Waals surface area contributed by atoms with E-state index in [0.29, 0.717) is 13.1 Å². The van der Waals surface area contributed by atoms with Gasteiger partial charge in [-0.3, -0.25) is 4.79 Å². The summed E-state index contributed by atoms with van der Waals surface area (Å²) < 4.78 is 25.4. The second kappa shape index (κ2) is 7.24. The molecule has 5 nitrogen and oxygen atoms in total. The first-order chi connectivity index (χ1) is 10.4. The summed E-state index contributed by atoms with van der Waals surface area (Å²) in [5.41, 5.74) is 1.05. The molecule has 6 heteroatoms. The Hall–Kier alpha value is -1.40. The van der Waals surface area contributed by atoms with Crippen LogP contribution in [0.3, 0.4) is 0 Å². The molecule has 122 valence electrons. The molecule has 0 aliphatic carbocycles. The molecule has 1 saturated heterocycles. The number of nitrogens with one attached hydrogen (secondary N) is 1. The van der Waals surface area contributed by atoms with Gasteiger partial charge in [0, 0.05) is 13.1 Å².